The average molecular weight is 343 g/mol. The molecule has 3 N–H and O–H groups in total. The molecule has 0 radical (unpaired) electrons. The van der Waals surface area contributed by atoms with Crippen LogP contribution in [0, 0.1) is 6.92 Å². The molecule has 5 heteroatoms. The lowest BCUT2D eigenvalue weighted by Gasteiger charge is -2.41. The number of nitrogens with one attached hydrogen (secondary N) is 1. The number of rotatable bonds is 4. The molecule has 1 aliphatic rings. The number of carbonyl (C=O) groups excluding carboxylic acids is 2. The summed E-state index contributed by atoms with van der Waals surface area (Å²) in [5, 5.41) is 3.63. The van der Waals surface area contributed by atoms with Gasteiger partial charge in [-0.3, -0.25) is 9.59 Å². The van der Waals surface area contributed by atoms with E-state index in [1.807, 2.05) is 24.3 Å². The van der Waals surface area contributed by atoms with Gasteiger partial charge in [0, 0.05) is 16.3 Å². The van der Waals surface area contributed by atoms with E-state index in [0.29, 0.717) is 21.8 Å². The Labute approximate surface area is 146 Å². The van der Waals surface area contributed by atoms with Crippen molar-refractivity contribution >= 4 is 29.1 Å². The van der Waals surface area contributed by atoms with Crippen LogP contribution >= 0.6 is 11.6 Å². The van der Waals surface area contributed by atoms with Crippen LogP contribution in [0.15, 0.2) is 42.5 Å². The van der Waals surface area contributed by atoms with E-state index in [2.05, 4.69) is 5.32 Å². The Bertz CT molecular complexity index is 796. The fourth-order valence-corrected chi connectivity index (χ4v) is 3.35. The van der Waals surface area contributed by atoms with Gasteiger partial charge in [-0.2, -0.15) is 0 Å². The lowest BCUT2D eigenvalue weighted by Crippen LogP contribution is -2.46. The first-order valence-electron chi connectivity index (χ1n) is 7.91. The Morgan fingerprint density at radius 2 is 1.79 bits per heavy atom. The topological polar surface area (TPSA) is 72.2 Å². The number of benzene rings is 2. The molecule has 2 aromatic rings. The lowest BCUT2D eigenvalue weighted by atomic mass is 9.63. The molecule has 124 valence electrons. The number of carbonyl (C=O) groups is 2. The maximum Gasteiger partial charge on any atom is 0.249 e. The molecule has 0 aliphatic heterocycles. The van der Waals surface area contributed by atoms with Gasteiger partial charge in [-0.1, -0.05) is 36.2 Å². The number of hydrogen-bond donors (Lipinski definition) is 2. The van der Waals surface area contributed by atoms with Crippen LogP contribution in [0.4, 0.5) is 5.69 Å². The minimum Gasteiger partial charge on any atom is -0.366 e. The highest BCUT2D eigenvalue weighted by atomic mass is 35.5. The largest absolute Gasteiger partial charge is 0.366 e. The predicted octanol–water partition coefficient (Wildman–Crippen LogP) is 3.81. The summed E-state index contributed by atoms with van der Waals surface area (Å²) in [6, 6.07) is 12.6. The smallest absolute Gasteiger partial charge is 0.249 e. The van der Waals surface area contributed by atoms with Gasteiger partial charge in [-0.05, 0) is 55.2 Å². The first-order valence-corrected chi connectivity index (χ1v) is 8.29. The summed E-state index contributed by atoms with van der Waals surface area (Å²) in [6.45, 7) is 1.78. The number of primary amides is 1. The zero-order valence-corrected chi connectivity index (χ0v) is 14.2. The molecule has 0 unspecified atom stereocenters. The highest BCUT2D eigenvalue weighted by molar-refractivity contribution is 6.30. The van der Waals surface area contributed by atoms with Gasteiger partial charge in [-0.25, -0.2) is 0 Å². The van der Waals surface area contributed by atoms with Crippen molar-refractivity contribution in [2.75, 3.05) is 5.32 Å². The van der Waals surface area contributed by atoms with E-state index >= 15 is 0 Å². The quantitative estimate of drug-likeness (QED) is 0.886. The highest BCUT2D eigenvalue weighted by Gasteiger charge is 2.45. The summed E-state index contributed by atoms with van der Waals surface area (Å²) in [5.41, 5.74) is 7.55. The van der Waals surface area contributed by atoms with Crippen molar-refractivity contribution < 1.29 is 9.59 Å². The molecule has 0 spiro atoms. The third-order valence-electron chi connectivity index (χ3n) is 4.89. The normalized spacial score (nSPS) is 15.4. The molecule has 24 heavy (non-hydrogen) atoms. The standard InChI is InChI=1S/C19H19ClN2O2/c1-12-15(17(21)23)4-2-5-16(12)22-18(24)19(10-3-11-19)13-6-8-14(20)9-7-13/h2,4-9H,3,10-11H2,1H3,(H2,21,23)(H,22,24). The van der Waals surface area contributed by atoms with Crippen LogP contribution in [0.1, 0.15) is 40.7 Å². The summed E-state index contributed by atoms with van der Waals surface area (Å²) in [5.74, 6) is -0.555. The van der Waals surface area contributed by atoms with Gasteiger partial charge in [0.2, 0.25) is 11.8 Å². The second-order valence-corrected chi connectivity index (χ2v) is 6.68. The van der Waals surface area contributed by atoms with Crippen molar-refractivity contribution in [1.29, 1.82) is 0 Å². The molecular weight excluding hydrogens is 324 g/mol. The van der Waals surface area contributed by atoms with Crippen molar-refractivity contribution in [3.05, 3.63) is 64.2 Å². The lowest BCUT2D eigenvalue weighted by molar-refractivity contribution is -0.124. The maximum absolute atomic E-state index is 13.0. The molecule has 0 heterocycles. The SMILES string of the molecule is Cc1c(NC(=O)C2(c3ccc(Cl)cc3)CCC2)cccc1C(N)=O. The number of halogens is 1. The summed E-state index contributed by atoms with van der Waals surface area (Å²) >= 11 is 5.96. The first kappa shape index (κ1) is 16.5. The Hall–Kier alpha value is -2.33. The molecule has 0 saturated heterocycles. The molecule has 1 saturated carbocycles. The van der Waals surface area contributed by atoms with Gasteiger partial charge in [0.1, 0.15) is 0 Å². The number of hydrogen-bond acceptors (Lipinski definition) is 2. The van der Waals surface area contributed by atoms with E-state index in [1.165, 1.54) is 0 Å². The number of anilines is 1. The van der Waals surface area contributed by atoms with Crippen molar-refractivity contribution in [2.24, 2.45) is 5.73 Å². The molecule has 2 amide bonds. The van der Waals surface area contributed by atoms with Gasteiger partial charge in [-0.15, -0.1) is 0 Å². The molecule has 1 fully saturated rings. The monoisotopic (exact) mass is 342 g/mol. The zero-order valence-electron chi connectivity index (χ0n) is 13.4. The molecule has 0 bridgehead atoms. The van der Waals surface area contributed by atoms with Crippen LogP contribution in [0.25, 0.3) is 0 Å². The Kier molecular flexibility index (Phi) is 4.33. The van der Waals surface area contributed by atoms with Gasteiger partial charge in [0.15, 0.2) is 0 Å². The molecule has 4 nitrogen and oxygen atoms in total. The molecule has 2 aromatic carbocycles. The first-order chi connectivity index (χ1) is 11.4. The van der Waals surface area contributed by atoms with Crippen LogP contribution in [-0.2, 0) is 10.2 Å². The van der Waals surface area contributed by atoms with Gasteiger partial charge in [0.25, 0.3) is 0 Å². The fourth-order valence-electron chi connectivity index (χ4n) is 3.23. The van der Waals surface area contributed by atoms with Crippen LogP contribution < -0.4 is 11.1 Å². The molecular formula is C19H19ClN2O2. The summed E-state index contributed by atoms with van der Waals surface area (Å²) in [6.07, 6.45) is 2.61. The highest BCUT2D eigenvalue weighted by Crippen LogP contribution is 2.45. The van der Waals surface area contributed by atoms with Crippen LogP contribution in [0.2, 0.25) is 5.02 Å². The van der Waals surface area contributed by atoms with E-state index in [4.69, 9.17) is 17.3 Å². The van der Waals surface area contributed by atoms with E-state index in [-0.39, 0.29) is 5.91 Å². The minimum absolute atomic E-state index is 0.0548. The van der Waals surface area contributed by atoms with Crippen LogP contribution in [-0.4, -0.2) is 11.8 Å². The summed E-state index contributed by atoms with van der Waals surface area (Å²) in [7, 11) is 0. The third kappa shape index (κ3) is 2.78. The average Bonchev–Trinajstić information content (AvgIpc) is 2.50. The van der Waals surface area contributed by atoms with Crippen molar-refractivity contribution in [3.63, 3.8) is 0 Å². The van der Waals surface area contributed by atoms with Crippen LogP contribution in [0.3, 0.4) is 0 Å². The molecule has 3 rings (SSSR count). The second kappa shape index (κ2) is 6.29. The molecule has 0 atom stereocenters. The van der Waals surface area contributed by atoms with Crippen LogP contribution in [0.5, 0.6) is 0 Å². The second-order valence-electron chi connectivity index (χ2n) is 6.24. The fraction of sp³-hybridized carbons (Fsp3) is 0.263. The Morgan fingerprint density at radius 3 is 2.33 bits per heavy atom. The molecule has 1 aliphatic carbocycles. The summed E-state index contributed by atoms with van der Waals surface area (Å²) < 4.78 is 0. The van der Waals surface area contributed by atoms with Gasteiger partial charge >= 0.3 is 0 Å². The van der Waals surface area contributed by atoms with Gasteiger partial charge < -0.3 is 11.1 Å². The maximum atomic E-state index is 13.0. The van der Waals surface area contributed by atoms with E-state index in [9.17, 15) is 9.59 Å². The van der Waals surface area contributed by atoms with E-state index < -0.39 is 11.3 Å². The van der Waals surface area contributed by atoms with Crippen molar-refractivity contribution in [2.45, 2.75) is 31.6 Å². The van der Waals surface area contributed by atoms with E-state index in [1.54, 1.807) is 25.1 Å². The van der Waals surface area contributed by atoms with Crippen molar-refractivity contribution in [1.82, 2.24) is 0 Å². The zero-order chi connectivity index (χ0) is 17.3. The van der Waals surface area contributed by atoms with Gasteiger partial charge in [0.05, 0.1) is 5.41 Å². The predicted molar refractivity (Wildman–Crippen MR) is 95.3 cm³/mol. The minimum atomic E-state index is -0.528. The number of amides is 2. The molecule has 0 aromatic heterocycles. The summed E-state index contributed by atoms with van der Waals surface area (Å²) in [4.78, 5) is 24.4. The number of nitrogens with two attached hydrogens (primary N) is 1. The van der Waals surface area contributed by atoms with E-state index in [0.717, 1.165) is 24.8 Å². The van der Waals surface area contributed by atoms with Crippen molar-refractivity contribution in [3.8, 4) is 0 Å². The Balaban J connectivity index is 1.90. The Morgan fingerprint density at radius 1 is 1.12 bits per heavy atom. The third-order valence-corrected chi connectivity index (χ3v) is 5.14.